The molecule has 0 amide bonds. The summed E-state index contributed by atoms with van der Waals surface area (Å²) in [6.07, 6.45) is -1.34. The molecule has 2 aliphatic rings. The molecule has 40 heavy (non-hydrogen) atoms. The van der Waals surface area contributed by atoms with E-state index in [9.17, 15) is 13.2 Å². The molecular formula is C30H23BrF3NO5. The third-order valence-corrected chi connectivity index (χ3v) is 7.50. The van der Waals surface area contributed by atoms with Crippen LogP contribution in [0.1, 0.15) is 16.7 Å². The standard InChI is InChI=1S/C30H23F3NO5.BrH/c1-35-23-8-7-20-21-12-18(11-16-3-5-19(6-4-16)39-30(31,32)33)26-25-17(13-24-29(26)38-15-37-24)9-10-34(27(21)25)14-22(20)28(23)36-2;/h3-8,12-14H,9-11,15H2,1-2H3;1H/q+1;/p-1. The minimum atomic E-state index is -4.74. The predicted molar refractivity (Wildman–Crippen MR) is 138 cm³/mol. The number of nitrogens with zero attached hydrogens (tertiary/aromatic N) is 1. The topological polar surface area (TPSA) is 50.0 Å². The van der Waals surface area contributed by atoms with Gasteiger partial charge in [0, 0.05) is 17.2 Å². The number of fused-ring (bicyclic) bond motifs is 4. The maximum atomic E-state index is 12.7. The maximum absolute atomic E-state index is 12.7. The fourth-order valence-electron chi connectivity index (χ4n) is 5.94. The lowest BCUT2D eigenvalue weighted by Crippen LogP contribution is -3.00. The molecule has 10 heteroatoms. The minimum absolute atomic E-state index is 0. The van der Waals surface area contributed by atoms with Crippen LogP contribution in [-0.4, -0.2) is 27.4 Å². The van der Waals surface area contributed by atoms with Crippen LogP contribution >= 0.6 is 0 Å². The van der Waals surface area contributed by atoms with E-state index in [1.807, 2.05) is 12.1 Å². The highest BCUT2D eigenvalue weighted by atomic mass is 79.9. The van der Waals surface area contributed by atoms with E-state index < -0.39 is 6.36 Å². The number of rotatable bonds is 5. The second-order valence-electron chi connectivity index (χ2n) is 9.65. The third-order valence-electron chi connectivity index (χ3n) is 7.50. The summed E-state index contributed by atoms with van der Waals surface area (Å²) < 4.78 is 67.4. The van der Waals surface area contributed by atoms with Crippen molar-refractivity contribution in [2.75, 3.05) is 21.0 Å². The van der Waals surface area contributed by atoms with E-state index >= 15 is 0 Å². The van der Waals surface area contributed by atoms with Gasteiger partial charge in [0.15, 0.2) is 35.7 Å². The molecule has 0 N–H and O–H groups in total. The summed E-state index contributed by atoms with van der Waals surface area (Å²) in [6, 6.07) is 14.1. The number of ether oxygens (including phenoxy) is 5. The van der Waals surface area contributed by atoms with Crippen LogP contribution in [0.3, 0.4) is 0 Å². The number of aromatic nitrogens is 1. The van der Waals surface area contributed by atoms with Gasteiger partial charge < -0.3 is 40.7 Å². The van der Waals surface area contributed by atoms with Crippen molar-refractivity contribution in [3.63, 3.8) is 0 Å². The van der Waals surface area contributed by atoms with Gasteiger partial charge in [0.2, 0.25) is 12.3 Å². The number of pyridine rings is 1. The molecule has 3 heterocycles. The first kappa shape index (κ1) is 26.3. The maximum Gasteiger partial charge on any atom is 0.573 e. The number of halogens is 4. The number of hydrogen-bond donors (Lipinski definition) is 0. The predicted octanol–water partition coefficient (Wildman–Crippen LogP) is 3.23. The highest BCUT2D eigenvalue weighted by molar-refractivity contribution is 6.18. The molecule has 0 bridgehead atoms. The molecule has 0 aliphatic carbocycles. The van der Waals surface area contributed by atoms with Crippen LogP contribution in [0.15, 0.2) is 54.7 Å². The zero-order chi connectivity index (χ0) is 26.9. The van der Waals surface area contributed by atoms with Gasteiger partial charge in [-0.2, -0.15) is 4.57 Å². The van der Waals surface area contributed by atoms with Crippen LogP contribution in [0.4, 0.5) is 13.2 Å². The SMILES string of the molecule is COc1ccc2c(c[n+]3c4c2cc(Cc2ccc(OC(F)(F)F)cc2)c2c5c(cc(c24)CC3)OCO5)c1OC.[Br-]. The van der Waals surface area contributed by atoms with Crippen LogP contribution in [0.25, 0.3) is 32.4 Å². The molecule has 1 aromatic heterocycles. The van der Waals surface area contributed by atoms with Crippen molar-refractivity contribution < 1.29 is 58.4 Å². The number of hydrogen-bond acceptors (Lipinski definition) is 5. The van der Waals surface area contributed by atoms with Crippen LogP contribution in [0.2, 0.25) is 0 Å². The number of alkyl halides is 3. The summed E-state index contributed by atoms with van der Waals surface area (Å²) >= 11 is 0. The molecule has 0 saturated heterocycles. The van der Waals surface area contributed by atoms with Crippen LogP contribution in [-0.2, 0) is 19.4 Å². The van der Waals surface area contributed by atoms with Crippen molar-refractivity contribution >= 4 is 32.4 Å². The Morgan fingerprint density at radius 2 is 1.70 bits per heavy atom. The number of methoxy groups -OCH3 is 2. The van der Waals surface area contributed by atoms with Crippen molar-refractivity contribution in [2.24, 2.45) is 0 Å². The van der Waals surface area contributed by atoms with E-state index in [1.165, 1.54) is 17.7 Å². The fourth-order valence-corrected chi connectivity index (χ4v) is 5.94. The first-order chi connectivity index (χ1) is 18.8. The Morgan fingerprint density at radius 3 is 2.42 bits per heavy atom. The Morgan fingerprint density at radius 1 is 0.900 bits per heavy atom. The molecule has 5 aromatic rings. The van der Waals surface area contributed by atoms with Gasteiger partial charge in [0.05, 0.1) is 30.4 Å². The van der Waals surface area contributed by atoms with Crippen molar-refractivity contribution in [1.82, 2.24) is 0 Å². The van der Waals surface area contributed by atoms with E-state index in [2.05, 4.69) is 27.6 Å². The second kappa shape index (κ2) is 9.62. The zero-order valence-electron chi connectivity index (χ0n) is 21.5. The Balaban J connectivity index is 0.00000289. The quantitative estimate of drug-likeness (QED) is 0.225. The lowest BCUT2D eigenvalue weighted by Gasteiger charge is -2.20. The molecule has 0 fully saturated rings. The average Bonchev–Trinajstić information content (AvgIpc) is 3.39. The van der Waals surface area contributed by atoms with E-state index in [0.29, 0.717) is 29.4 Å². The van der Waals surface area contributed by atoms with Crippen molar-refractivity contribution in [2.45, 2.75) is 25.7 Å². The third kappa shape index (κ3) is 4.13. The van der Waals surface area contributed by atoms with Gasteiger partial charge in [-0.3, -0.25) is 0 Å². The van der Waals surface area contributed by atoms with Gasteiger partial charge in [-0.05, 0) is 59.5 Å². The summed E-state index contributed by atoms with van der Waals surface area (Å²) in [5, 5.41) is 5.07. The molecule has 4 aromatic carbocycles. The fraction of sp³-hybridized carbons (Fsp3) is 0.233. The summed E-state index contributed by atoms with van der Waals surface area (Å²) in [5.41, 5.74) is 4.10. The lowest BCUT2D eigenvalue weighted by atomic mass is 9.88. The minimum Gasteiger partial charge on any atom is -1.00 e. The summed E-state index contributed by atoms with van der Waals surface area (Å²) in [4.78, 5) is 0. The molecule has 206 valence electrons. The first-order valence-electron chi connectivity index (χ1n) is 12.5. The van der Waals surface area contributed by atoms with Gasteiger partial charge in [0.25, 0.3) is 0 Å². The molecule has 0 spiro atoms. The average molecular weight is 614 g/mol. The smallest absolute Gasteiger partial charge is 0.573 e. The Kier molecular flexibility index (Phi) is 6.33. The second-order valence-corrected chi connectivity index (χ2v) is 9.65. The summed E-state index contributed by atoms with van der Waals surface area (Å²) in [7, 11) is 3.25. The van der Waals surface area contributed by atoms with Crippen LogP contribution in [0.5, 0.6) is 28.7 Å². The lowest BCUT2D eigenvalue weighted by molar-refractivity contribution is -0.670. The van der Waals surface area contributed by atoms with E-state index in [1.54, 1.807) is 26.4 Å². The highest BCUT2D eigenvalue weighted by Gasteiger charge is 2.33. The number of aryl methyl sites for hydroxylation is 2. The zero-order valence-corrected chi connectivity index (χ0v) is 23.1. The van der Waals surface area contributed by atoms with E-state index in [-0.39, 0.29) is 29.5 Å². The highest BCUT2D eigenvalue weighted by Crippen LogP contribution is 2.48. The van der Waals surface area contributed by atoms with Gasteiger partial charge in [-0.15, -0.1) is 13.2 Å². The molecule has 0 radical (unpaired) electrons. The van der Waals surface area contributed by atoms with Gasteiger partial charge in [0.1, 0.15) is 5.75 Å². The van der Waals surface area contributed by atoms with E-state index in [0.717, 1.165) is 56.5 Å². The van der Waals surface area contributed by atoms with Crippen LogP contribution < -0.4 is 45.2 Å². The summed E-state index contributed by atoms with van der Waals surface area (Å²) in [6.45, 7) is 0.929. The van der Waals surface area contributed by atoms with Crippen LogP contribution in [0, 0.1) is 0 Å². The summed E-state index contributed by atoms with van der Waals surface area (Å²) in [5.74, 6) is 2.48. The molecule has 7 rings (SSSR count). The Bertz CT molecular complexity index is 1810. The Labute approximate surface area is 237 Å². The van der Waals surface area contributed by atoms with Crippen molar-refractivity contribution in [3.05, 3.63) is 71.4 Å². The first-order valence-corrected chi connectivity index (χ1v) is 12.5. The van der Waals surface area contributed by atoms with Gasteiger partial charge in [-0.1, -0.05) is 12.1 Å². The molecule has 0 atom stereocenters. The largest absolute Gasteiger partial charge is 1.00 e. The van der Waals surface area contributed by atoms with Crippen molar-refractivity contribution in [1.29, 1.82) is 0 Å². The Hall–Kier alpha value is -3.92. The van der Waals surface area contributed by atoms with Gasteiger partial charge >= 0.3 is 6.36 Å². The molecular weight excluding hydrogens is 591 g/mol. The molecule has 0 unspecified atom stereocenters. The normalized spacial score (nSPS) is 13.6. The monoisotopic (exact) mass is 613 g/mol. The molecule has 2 aliphatic heterocycles. The molecule has 6 nitrogen and oxygen atoms in total. The van der Waals surface area contributed by atoms with Gasteiger partial charge in [-0.25, -0.2) is 0 Å². The van der Waals surface area contributed by atoms with Crippen molar-refractivity contribution in [3.8, 4) is 28.7 Å². The molecule has 0 saturated carbocycles. The number of benzene rings is 4. The van der Waals surface area contributed by atoms with E-state index in [4.69, 9.17) is 18.9 Å².